The third-order valence-electron chi connectivity index (χ3n) is 6.97. The molecule has 0 aromatic heterocycles. The number of hydrogen-bond acceptors (Lipinski definition) is 3. The van der Waals surface area contributed by atoms with Gasteiger partial charge in [-0.25, -0.2) is 0 Å². The van der Waals surface area contributed by atoms with Gasteiger partial charge in [-0.05, 0) is 25.7 Å². The maximum atomic E-state index is 12.8. The molecular formula is C30H61N5O2. The van der Waals surface area contributed by atoms with Crippen LogP contribution < -0.4 is 21.7 Å². The van der Waals surface area contributed by atoms with Gasteiger partial charge in [0.05, 0.1) is 0 Å². The molecule has 2 amide bonds. The van der Waals surface area contributed by atoms with Gasteiger partial charge < -0.3 is 21.7 Å². The number of rotatable bonds is 27. The summed E-state index contributed by atoms with van der Waals surface area (Å²) in [5.74, 6) is -0.211. The normalized spacial score (nSPS) is 11.7. The van der Waals surface area contributed by atoms with E-state index in [0.717, 1.165) is 25.7 Å². The Bertz CT molecular complexity index is 556. The fourth-order valence-corrected chi connectivity index (χ4v) is 4.61. The second kappa shape index (κ2) is 27.3. The topological polar surface area (TPSA) is 120 Å². The zero-order valence-corrected chi connectivity index (χ0v) is 24.4. The van der Waals surface area contributed by atoms with E-state index in [-0.39, 0.29) is 17.8 Å². The van der Waals surface area contributed by atoms with E-state index in [9.17, 15) is 9.59 Å². The number of carbonyl (C=O) groups is 2. The predicted octanol–water partition coefficient (Wildman–Crippen LogP) is 6.69. The van der Waals surface area contributed by atoms with Crippen molar-refractivity contribution in [1.29, 1.82) is 5.41 Å². The molecule has 37 heavy (non-hydrogen) atoms. The lowest BCUT2D eigenvalue weighted by Gasteiger charge is -2.19. The molecular weight excluding hydrogens is 462 g/mol. The number of unbranched alkanes of at least 4 members (excludes halogenated alkanes) is 17. The van der Waals surface area contributed by atoms with Crippen LogP contribution in [0.1, 0.15) is 155 Å². The summed E-state index contributed by atoms with van der Waals surface area (Å²) in [6, 6.07) is -0.525. The van der Waals surface area contributed by atoms with Crippen molar-refractivity contribution in [2.45, 2.75) is 161 Å². The quantitative estimate of drug-likeness (QED) is 0.0468. The van der Waals surface area contributed by atoms with Crippen LogP contribution in [-0.2, 0) is 9.59 Å². The molecule has 0 fully saturated rings. The van der Waals surface area contributed by atoms with Crippen molar-refractivity contribution in [3.05, 3.63) is 0 Å². The van der Waals surface area contributed by atoms with E-state index >= 15 is 0 Å². The summed E-state index contributed by atoms with van der Waals surface area (Å²) in [4.78, 5) is 25.3. The number of guanidine groups is 1. The molecule has 0 saturated heterocycles. The summed E-state index contributed by atoms with van der Waals surface area (Å²) >= 11 is 0. The average Bonchev–Trinajstić information content (AvgIpc) is 2.87. The van der Waals surface area contributed by atoms with Crippen LogP contribution in [0.2, 0.25) is 0 Å². The van der Waals surface area contributed by atoms with Crippen LogP contribution in [0, 0.1) is 5.41 Å². The second-order valence-electron chi connectivity index (χ2n) is 10.7. The summed E-state index contributed by atoms with van der Waals surface area (Å²) in [6.45, 7) is 5.66. The van der Waals surface area contributed by atoms with Crippen LogP contribution in [0.15, 0.2) is 0 Å². The molecule has 0 spiro atoms. The van der Waals surface area contributed by atoms with Gasteiger partial charge in [0, 0.05) is 19.5 Å². The van der Waals surface area contributed by atoms with Crippen LogP contribution in [-0.4, -0.2) is 36.9 Å². The minimum absolute atomic E-state index is 0.0402. The monoisotopic (exact) mass is 523 g/mol. The van der Waals surface area contributed by atoms with Crippen LogP contribution in [0.4, 0.5) is 0 Å². The largest absolute Gasteiger partial charge is 0.370 e. The molecule has 0 saturated carbocycles. The highest BCUT2D eigenvalue weighted by Gasteiger charge is 2.19. The summed E-state index contributed by atoms with van der Waals surface area (Å²) in [5.41, 5.74) is 5.34. The molecule has 0 radical (unpaired) electrons. The number of nitrogens with two attached hydrogens (primary N) is 1. The molecule has 1 atom stereocenters. The first-order valence-corrected chi connectivity index (χ1v) is 15.7. The Morgan fingerprint density at radius 2 is 1.05 bits per heavy atom. The van der Waals surface area contributed by atoms with Crippen molar-refractivity contribution >= 4 is 17.8 Å². The first-order valence-electron chi connectivity index (χ1n) is 15.7. The van der Waals surface area contributed by atoms with Gasteiger partial charge >= 0.3 is 0 Å². The Morgan fingerprint density at radius 3 is 1.54 bits per heavy atom. The molecule has 0 aliphatic heterocycles. The molecule has 0 aromatic carbocycles. The van der Waals surface area contributed by atoms with Gasteiger partial charge in [-0.2, -0.15) is 0 Å². The lowest BCUT2D eigenvalue weighted by Crippen LogP contribution is -2.47. The van der Waals surface area contributed by atoms with Crippen LogP contribution >= 0.6 is 0 Å². The Balaban J connectivity index is 4.12. The average molecular weight is 524 g/mol. The Labute approximate surface area is 228 Å². The number of hydrogen-bond donors (Lipinski definition) is 5. The molecule has 0 aliphatic carbocycles. The highest BCUT2D eigenvalue weighted by molar-refractivity contribution is 5.87. The molecule has 1 unspecified atom stereocenters. The third-order valence-corrected chi connectivity index (χ3v) is 6.97. The van der Waals surface area contributed by atoms with Crippen molar-refractivity contribution in [2.24, 2.45) is 5.73 Å². The number of nitrogens with one attached hydrogen (secondary N) is 4. The first kappa shape index (κ1) is 35.2. The van der Waals surface area contributed by atoms with E-state index in [1.54, 1.807) is 0 Å². The van der Waals surface area contributed by atoms with Crippen molar-refractivity contribution in [3.8, 4) is 0 Å². The Morgan fingerprint density at radius 1 is 0.622 bits per heavy atom. The Kier molecular flexibility index (Phi) is 25.9. The van der Waals surface area contributed by atoms with E-state index in [1.165, 1.54) is 96.3 Å². The van der Waals surface area contributed by atoms with Crippen molar-refractivity contribution < 1.29 is 9.59 Å². The molecule has 7 nitrogen and oxygen atoms in total. The van der Waals surface area contributed by atoms with E-state index in [2.05, 4.69) is 29.8 Å². The van der Waals surface area contributed by atoms with Crippen molar-refractivity contribution in [2.75, 3.05) is 13.1 Å². The molecule has 7 heteroatoms. The molecule has 0 rings (SSSR count). The maximum Gasteiger partial charge on any atom is 0.242 e. The highest BCUT2D eigenvalue weighted by Crippen LogP contribution is 2.12. The Hall–Kier alpha value is -1.79. The van der Waals surface area contributed by atoms with Crippen molar-refractivity contribution in [3.63, 3.8) is 0 Å². The minimum atomic E-state index is -0.525. The predicted molar refractivity (Wildman–Crippen MR) is 158 cm³/mol. The van der Waals surface area contributed by atoms with Gasteiger partial charge in [0.25, 0.3) is 0 Å². The van der Waals surface area contributed by atoms with Gasteiger partial charge in [-0.1, -0.05) is 123 Å². The number of carbonyl (C=O) groups excluding carboxylic acids is 2. The maximum absolute atomic E-state index is 12.8. The minimum Gasteiger partial charge on any atom is -0.370 e. The van der Waals surface area contributed by atoms with Crippen LogP contribution in [0.5, 0.6) is 0 Å². The lowest BCUT2D eigenvalue weighted by molar-refractivity contribution is -0.129. The van der Waals surface area contributed by atoms with E-state index in [0.29, 0.717) is 32.4 Å². The zero-order valence-electron chi connectivity index (χ0n) is 24.4. The standard InChI is InChI=1S/C30H61N5O2/c1-3-5-7-9-11-13-15-17-19-21-25-33-29(37)27(23-22-26-34-30(31)32)35-28(36)24-20-18-16-14-12-10-8-6-4-2/h27H,3-26H2,1-2H3,(H,33,37)(H,35,36)(H4,31,32,34). The molecule has 0 bridgehead atoms. The fraction of sp³-hybridized carbons (Fsp3) is 0.900. The van der Waals surface area contributed by atoms with E-state index < -0.39 is 6.04 Å². The molecule has 0 heterocycles. The van der Waals surface area contributed by atoms with Gasteiger partial charge in [-0.3, -0.25) is 15.0 Å². The summed E-state index contributed by atoms with van der Waals surface area (Å²) in [7, 11) is 0. The fourth-order valence-electron chi connectivity index (χ4n) is 4.61. The lowest BCUT2D eigenvalue weighted by atomic mass is 10.1. The highest BCUT2D eigenvalue weighted by atomic mass is 16.2. The first-order chi connectivity index (χ1) is 18.0. The molecule has 218 valence electrons. The van der Waals surface area contributed by atoms with Gasteiger partial charge in [0.1, 0.15) is 6.04 Å². The molecule has 0 aliphatic rings. The second-order valence-corrected chi connectivity index (χ2v) is 10.7. The van der Waals surface area contributed by atoms with Gasteiger partial charge in [0.15, 0.2) is 5.96 Å². The van der Waals surface area contributed by atoms with Crippen molar-refractivity contribution in [1.82, 2.24) is 16.0 Å². The smallest absolute Gasteiger partial charge is 0.242 e. The van der Waals surface area contributed by atoms with Crippen LogP contribution in [0.3, 0.4) is 0 Å². The molecule has 0 aromatic rings. The molecule has 6 N–H and O–H groups in total. The van der Waals surface area contributed by atoms with Crippen LogP contribution in [0.25, 0.3) is 0 Å². The summed E-state index contributed by atoms with van der Waals surface area (Å²) < 4.78 is 0. The van der Waals surface area contributed by atoms with Gasteiger partial charge in [-0.15, -0.1) is 0 Å². The summed E-state index contributed by atoms with van der Waals surface area (Å²) in [5, 5.41) is 16.0. The summed E-state index contributed by atoms with van der Waals surface area (Å²) in [6.07, 6.45) is 25.3. The number of amides is 2. The van der Waals surface area contributed by atoms with E-state index in [4.69, 9.17) is 11.1 Å². The SMILES string of the molecule is CCCCCCCCCCCCNC(=O)C(CCCNC(=N)N)NC(=O)CCCCCCCCCCC. The van der Waals surface area contributed by atoms with Gasteiger partial charge in [0.2, 0.25) is 11.8 Å². The third kappa shape index (κ3) is 25.6. The zero-order chi connectivity index (χ0) is 27.4. The van der Waals surface area contributed by atoms with E-state index in [1.807, 2.05) is 0 Å².